The zero-order valence-corrected chi connectivity index (χ0v) is 83.0. The number of benzene rings is 8. The van der Waals surface area contributed by atoms with Gasteiger partial charge in [0.05, 0.1) is 76.0 Å². The van der Waals surface area contributed by atoms with Gasteiger partial charge in [-0.1, -0.05) is 85.3 Å². The topological polar surface area (TPSA) is 387 Å². The number of piperidine rings is 3. The second kappa shape index (κ2) is 45.6. The summed E-state index contributed by atoms with van der Waals surface area (Å²) in [6.45, 7) is 15.2. The van der Waals surface area contributed by atoms with Crippen LogP contribution in [0.15, 0.2) is 203 Å². The van der Waals surface area contributed by atoms with Crippen LogP contribution in [-0.2, 0) is 114 Å². The van der Waals surface area contributed by atoms with Crippen molar-refractivity contribution >= 4 is 116 Å². The molecule has 5 amide bonds. The first-order valence-electron chi connectivity index (χ1n) is 51.0. The lowest BCUT2D eigenvalue weighted by atomic mass is 9.89. The van der Waals surface area contributed by atoms with E-state index >= 15 is 0 Å². The van der Waals surface area contributed by atoms with E-state index < -0.39 is 36.2 Å². The molecule has 8 aromatic carbocycles. The van der Waals surface area contributed by atoms with E-state index in [9.17, 15) is 62.3 Å². The molecule has 7 aliphatic heterocycles. The summed E-state index contributed by atoms with van der Waals surface area (Å²) in [4.78, 5) is 182. The number of nitrogens with zero attached hydrogens (tertiary/aromatic N) is 8. The Bertz CT molecular complexity index is 6860. The Hall–Kier alpha value is -15.3. The highest BCUT2D eigenvalue weighted by Gasteiger charge is 2.46. The summed E-state index contributed by atoms with van der Waals surface area (Å²) < 4.78 is 44.1. The Labute approximate surface area is 851 Å². The molecule has 7 fully saturated rings. The molecule has 0 spiro atoms. The maximum atomic E-state index is 13.1. The number of anilines is 2. The lowest BCUT2D eigenvalue weighted by Gasteiger charge is -2.33. The van der Waals surface area contributed by atoms with E-state index in [-0.39, 0.29) is 115 Å². The van der Waals surface area contributed by atoms with Crippen LogP contribution in [0, 0.1) is 0 Å². The molecule has 11 aliphatic rings. The number of ketones is 8. The molecule has 31 nitrogen and oxygen atoms in total. The summed E-state index contributed by atoms with van der Waals surface area (Å²) in [6, 6.07) is 56.6. The van der Waals surface area contributed by atoms with Gasteiger partial charge >= 0.3 is 6.09 Å². The number of Topliss-reactive ketones (excluding diaryl/α,β-unsaturated/α-hetero) is 8. The van der Waals surface area contributed by atoms with Crippen LogP contribution in [0.1, 0.15) is 258 Å². The first kappa shape index (κ1) is 102. The number of carbonyl (C=O) groups excluding carboxylic acids is 14. The third kappa shape index (κ3) is 24.1. The monoisotopic (exact) mass is 1990 g/mol. The van der Waals surface area contributed by atoms with Crippen molar-refractivity contribution in [2.75, 3.05) is 49.9 Å². The quantitative estimate of drug-likeness (QED) is 0.0374. The molecule has 3 saturated heterocycles. The largest absolute Gasteiger partial charge is 0.554 e. The van der Waals surface area contributed by atoms with Gasteiger partial charge in [-0.05, 0) is 224 Å². The number of hydrogen-bond acceptors (Lipinski definition) is 25. The minimum atomic E-state index is -0.543. The van der Waals surface area contributed by atoms with Crippen LogP contribution in [-0.4, -0.2) is 181 Å². The second-order valence-corrected chi connectivity index (χ2v) is 40.6. The summed E-state index contributed by atoms with van der Waals surface area (Å²) in [7, 11) is 0. The first-order valence-corrected chi connectivity index (χ1v) is 51.0. The summed E-state index contributed by atoms with van der Waals surface area (Å²) in [6.07, 6.45) is 15.7. The number of carboxylic acid groups (broad SMARTS) is 1. The SMILES string of the molecule is CC(C)(C)OC(=O)N1CCC(c2ccc(COc3cccc4c3CN(C3CCC(=O)CC3=O)C4=O)cc2)CC1.Nc1cc[n+](Cc2ccc(COc3cccc4c3CN(C3CCC(=O)CC3=O)C4=O)cc2)cc1.O=C1CCC(N2Cc3c(OCc4cc5cc(CN6CCCCC6)ccc5o4)cccc3C2=O)C(=O)C1.O=C1CCC(N2Cc3c(OCc4cc5cc(N6CCCCC6)ccc5o4)cccc3C2=O)C(=O)C1.O=C[O-]. The van der Waals surface area contributed by atoms with Gasteiger partial charge in [0.1, 0.15) is 101 Å². The van der Waals surface area contributed by atoms with E-state index in [0.29, 0.717) is 155 Å². The molecule has 4 aliphatic carbocycles. The molecule has 11 aromatic rings. The predicted octanol–water partition coefficient (Wildman–Crippen LogP) is 15.5. The lowest BCUT2D eigenvalue weighted by molar-refractivity contribution is -0.688. The van der Waals surface area contributed by atoms with Crippen LogP contribution in [0.25, 0.3) is 21.9 Å². The van der Waals surface area contributed by atoms with Crippen molar-refractivity contribution in [2.45, 2.75) is 251 Å². The highest BCUT2D eigenvalue weighted by Crippen LogP contribution is 2.42. The number of aromatic nitrogens is 1. The van der Waals surface area contributed by atoms with Gasteiger partial charge in [0.2, 0.25) is 0 Å². The van der Waals surface area contributed by atoms with Crippen LogP contribution in [0.3, 0.4) is 0 Å². The number of ether oxygens (including phenoxy) is 5. The number of pyridine rings is 1. The minimum absolute atomic E-state index is 0.0473. The molecule has 0 radical (unpaired) electrons. The van der Waals surface area contributed by atoms with Crippen molar-refractivity contribution in [3.63, 3.8) is 0 Å². The average molecular weight is 1990 g/mol. The number of amides is 5. The average Bonchev–Trinajstić information content (AvgIpc) is 1.63. The summed E-state index contributed by atoms with van der Waals surface area (Å²) in [5.41, 5.74) is 20.0. The van der Waals surface area contributed by atoms with Gasteiger partial charge in [0.15, 0.2) is 42.1 Å². The number of nitrogen functional groups attached to an aromatic ring is 1. The summed E-state index contributed by atoms with van der Waals surface area (Å²) in [5.74, 6) is 2.79. The van der Waals surface area contributed by atoms with Gasteiger partial charge < -0.3 is 77.6 Å². The molecule has 22 rings (SSSR count). The van der Waals surface area contributed by atoms with Gasteiger partial charge in [0.25, 0.3) is 23.6 Å². The third-order valence-electron chi connectivity index (χ3n) is 29.3. The Balaban J connectivity index is 0.000000127. The van der Waals surface area contributed by atoms with E-state index in [2.05, 4.69) is 75.0 Å². The fraction of sp³-hybridized carbons (Fsp3) is 0.388. The number of nitrogens with two attached hydrogens (primary N) is 1. The molecule has 3 aromatic heterocycles. The number of hydrogen-bond donors (Lipinski definition) is 1. The Kier molecular flexibility index (Phi) is 31.5. The van der Waals surface area contributed by atoms with E-state index in [1.165, 1.54) is 55.3 Å². The number of furan rings is 2. The van der Waals surface area contributed by atoms with E-state index in [4.69, 9.17) is 48.2 Å². The number of rotatable bonds is 22. The Morgan fingerprint density at radius 2 is 0.776 bits per heavy atom. The molecule has 4 unspecified atom stereocenters. The van der Waals surface area contributed by atoms with Crippen LogP contribution in [0.4, 0.5) is 16.2 Å². The fourth-order valence-corrected chi connectivity index (χ4v) is 21.6. The number of fused-ring (bicyclic) bond motifs is 6. The smallest absolute Gasteiger partial charge is 0.410 e. The van der Waals surface area contributed by atoms with E-state index in [1.54, 1.807) is 73.0 Å². The normalized spacial score (nSPS) is 19.6. The van der Waals surface area contributed by atoms with Gasteiger partial charge in [0, 0.05) is 149 Å². The van der Waals surface area contributed by atoms with Crippen LogP contribution < -0.4 is 39.3 Å². The lowest BCUT2D eigenvalue weighted by Crippen LogP contribution is -2.44. The molecule has 762 valence electrons. The van der Waals surface area contributed by atoms with Crippen molar-refractivity contribution in [1.29, 1.82) is 0 Å². The molecule has 4 saturated carbocycles. The van der Waals surface area contributed by atoms with Crippen molar-refractivity contribution < 1.29 is 109 Å². The third-order valence-corrected chi connectivity index (χ3v) is 29.3. The van der Waals surface area contributed by atoms with Crippen molar-refractivity contribution in [3.8, 4) is 23.0 Å². The second-order valence-electron chi connectivity index (χ2n) is 40.6. The highest BCUT2D eigenvalue weighted by molar-refractivity contribution is 6.11. The van der Waals surface area contributed by atoms with E-state index in [0.717, 1.165) is 130 Å². The Morgan fingerprint density at radius 1 is 0.415 bits per heavy atom. The molecule has 147 heavy (non-hydrogen) atoms. The van der Waals surface area contributed by atoms with Crippen molar-refractivity contribution in [1.82, 2.24) is 29.4 Å². The molecule has 4 atom stereocenters. The molecule has 31 heteroatoms. The van der Waals surface area contributed by atoms with Crippen molar-refractivity contribution in [3.05, 3.63) is 278 Å². The summed E-state index contributed by atoms with van der Waals surface area (Å²) in [5, 5.41) is 10.4. The van der Waals surface area contributed by atoms with Crippen LogP contribution in [0.5, 0.6) is 23.0 Å². The Morgan fingerprint density at radius 3 is 1.17 bits per heavy atom. The van der Waals surface area contributed by atoms with Crippen LogP contribution >= 0.6 is 0 Å². The molecule has 2 N–H and O–H groups in total. The van der Waals surface area contributed by atoms with E-state index in [1.807, 2.05) is 106 Å². The zero-order chi connectivity index (χ0) is 103. The zero-order valence-electron chi connectivity index (χ0n) is 83.0. The van der Waals surface area contributed by atoms with Crippen LogP contribution in [0.2, 0.25) is 0 Å². The first-order chi connectivity index (χ1) is 71.1. The standard InChI is InChI=1S/C31H36N2O6.C29H30N2O5.C28H28N2O5.C27H25N3O4.CH2O2/c1-31(2,3)39-30(37)32-15-13-22(14-16-32)21-9-7-20(8-10-21)19-38-28-6-4-5-24-25(28)18-33(29(24)36)26-12-11-23(34)17-27(26)35;32-21-8-9-25(26(33)15-21)31-17-24-23(29(31)34)5-4-6-28(24)35-18-22-14-20-13-19(7-10-27(20)36-22)16-30-11-2-1-3-12-30;31-20-8-9-24(25(32)15-20)30-16-23-22(28(30)33)5-4-6-27(23)34-17-21-14-18-13-19(7-10-26(18)35-21)29-11-2-1-3-12-29;28-20-10-12-29(13-11-20)15-18-4-6-19(7-5-18)17-34-26-3-1-2-22-23(26)16-30(27(22)33)24-9-8-21(31)14-25(24)32;2-1-3/h4-10,22,26H,11-19H2,1-3H3;4-7,10,13-14,25H,1-3,8-9,11-12,15-18H2;4-7,10,13-14,24H,1-3,8-9,11-12,15-17H2;1-7,10-13,24,28H,8-9,14-17H2;1H,(H,2,3). The number of likely N-dealkylation sites (tertiary alicyclic amines) is 2. The van der Waals surface area contributed by atoms with Gasteiger partial charge in [-0.25, -0.2) is 9.36 Å². The predicted molar refractivity (Wildman–Crippen MR) is 540 cm³/mol. The molecule has 0 bridgehead atoms. The maximum Gasteiger partial charge on any atom is 0.410 e. The number of carbonyl (C=O) groups is 14. The van der Waals surface area contributed by atoms with Gasteiger partial charge in [-0.15, -0.1) is 0 Å². The van der Waals surface area contributed by atoms with Gasteiger partial charge in [-0.2, -0.15) is 0 Å². The molecular weight excluding hydrogens is 1870 g/mol. The minimum Gasteiger partial charge on any atom is -0.554 e. The fourth-order valence-electron chi connectivity index (χ4n) is 21.6. The van der Waals surface area contributed by atoms with Crippen molar-refractivity contribution in [2.24, 2.45) is 0 Å². The van der Waals surface area contributed by atoms with Gasteiger partial charge in [-0.3, -0.25) is 62.4 Å². The molecular formula is C116H121N9O22. The molecule has 10 heterocycles. The maximum absolute atomic E-state index is 13.1. The summed E-state index contributed by atoms with van der Waals surface area (Å²) >= 11 is 0. The highest BCUT2D eigenvalue weighted by atomic mass is 16.6.